The summed E-state index contributed by atoms with van der Waals surface area (Å²) in [6.07, 6.45) is 5.11. The lowest BCUT2D eigenvalue weighted by atomic mass is 9.81. The third kappa shape index (κ3) is 2.43. The highest BCUT2D eigenvalue weighted by atomic mass is 16.2. The molecule has 0 bridgehead atoms. The van der Waals surface area contributed by atoms with Crippen LogP contribution in [-0.2, 0) is 9.59 Å². The van der Waals surface area contributed by atoms with E-state index in [1.807, 2.05) is 0 Å². The summed E-state index contributed by atoms with van der Waals surface area (Å²) in [7, 11) is 0. The summed E-state index contributed by atoms with van der Waals surface area (Å²) < 4.78 is 0. The van der Waals surface area contributed by atoms with Gasteiger partial charge >= 0.3 is 0 Å². The number of aromatic nitrogens is 1. The summed E-state index contributed by atoms with van der Waals surface area (Å²) in [5.74, 6) is 5.01. The lowest BCUT2D eigenvalue weighted by Gasteiger charge is -2.19. The van der Waals surface area contributed by atoms with Crippen LogP contribution in [-0.4, -0.2) is 28.5 Å². The van der Waals surface area contributed by atoms with Crippen molar-refractivity contribution >= 4 is 17.6 Å². The largest absolute Gasteiger partial charge is 0.384 e. The Bertz CT molecular complexity index is 620. The third-order valence-electron chi connectivity index (χ3n) is 4.13. The van der Waals surface area contributed by atoms with Gasteiger partial charge in [-0.3, -0.25) is 9.59 Å². The van der Waals surface area contributed by atoms with Gasteiger partial charge < -0.3 is 5.11 Å². The maximum atomic E-state index is 12.5. The molecular formula is C16H16N2O3. The predicted octanol–water partition coefficient (Wildman–Crippen LogP) is 1.10. The van der Waals surface area contributed by atoms with Gasteiger partial charge in [0.15, 0.2) is 0 Å². The van der Waals surface area contributed by atoms with Gasteiger partial charge in [-0.1, -0.05) is 24.7 Å². The number of hydrogen-bond acceptors (Lipinski definition) is 4. The molecule has 1 saturated carbocycles. The second kappa shape index (κ2) is 5.66. The second-order valence-electron chi connectivity index (χ2n) is 5.37. The highest BCUT2D eigenvalue weighted by Gasteiger charge is 2.49. The molecule has 1 N–H and O–H groups in total. The molecule has 5 heteroatoms. The first-order valence-corrected chi connectivity index (χ1v) is 7.16. The van der Waals surface area contributed by atoms with E-state index in [0.29, 0.717) is 11.4 Å². The third-order valence-corrected chi connectivity index (χ3v) is 4.13. The van der Waals surface area contributed by atoms with Gasteiger partial charge in [-0.05, 0) is 25.0 Å². The molecule has 2 fully saturated rings. The Hall–Kier alpha value is -2.19. The predicted molar refractivity (Wildman–Crippen MR) is 76.1 cm³/mol. The van der Waals surface area contributed by atoms with Gasteiger partial charge in [-0.25, -0.2) is 9.88 Å². The van der Waals surface area contributed by atoms with Crippen molar-refractivity contribution in [2.45, 2.75) is 25.7 Å². The van der Waals surface area contributed by atoms with E-state index < -0.39 is 0 Å². The molecule has 2 atom stereocenters. The second-order valence-corrected chi connectivity index (χ2v) is 5.37. The summed E-state index contributed by atoms with van der Waals surface area (Å²) in [6, 6.07) is 3.31. The lowest BCUT2D eigenvalue weighted by molar-refractivity contribution is -0.122. The number of carbonyl (C=O) groups is 2. The van der Waals surface area contributed by atoms with Crippen molar-refractivity contribution in [3.63, 3.8) is 0 Å². The van der Waals surface area contributed by atoms with Gasteiger partial charge in [-0.15, -0.1) is 0 Å². The summed E-state index contributed by atoms with van der Waals surface area (Å²) in [5, 5.41) is 8.72. The quantitative estimate of drug-likeness (QED) is 0.619. The van der Waals surface area contributed by atoms with Crippen LogP contribution in [0.15, 0.2) is 18.3 Å². The summed E-state index contributed by atoms with van der Waals surface area (Å²) in [5.41, 5.74) is 0.629. The fourth-order valence-electron chi connectivity index (χ4n) is 3.15. The van der Waals surface area contributed by atoms with Crippen LogP contribution in [0.4, 0.5) is 5.82 Å². The molecule has 2 aliphatic rings. The molecule has 2 amide bonds. The van der Waals surface area contributed by atoms with Crippen molar-refractivity contribution in [1.82, 2.24) is 4.98 Å². The number of rotatable bonds is 1. The molecule has 5 nitrogen and oxygen atoms in total. The standard InChI is InChI=1S/C16H16N2O3/c19-9-3-4-11-7-8-17-14(10-11)18-15(20)12-5-1-2-6-13(12)16(18)21/h7-8,10,12-13,19H,1-2,5-6,9H2. The molecule has 0 spiro atoms. The Morgan fingerprint density at radius 3 is 2.52 bits per heavy atom. The summed E-state index contributed by atoms with van der Waals surface area (Å²) >= 11 is 0. The number of hydrogen-bond donors (Lipinski definition) is 1. The SMILES string of the molecule is O=C1C2CCCCC2C(=O)N1c1cc(C#CCO)ccn1. The van der Waals surface area contributed by atoms with Crippen LogP contribution < -0.4 is 4.90 Å². The zero-order valence-corrected chi connectivity index (χ0v) is 11.6. The summed E-state index contributed by atoms with van der Waals surface area (Å²) in [4.78, 5) is 30.3. The van der Waals surface area contributed by atoms with Crippen LogP contribution in [0.5, 0.6) is 0 Å². The molecule has 2 heterocycles. The number of carbonyl (C=O) groups excluding carboxylic acids is 2. The molecule has 1 aromatic rings. The molecule has 1 aliphatic heterocycles. The van der Waals surface area contributed by atoms with Crippen molar-refractivity contribution in [3.8, 4) is 11.8 Å². The van der Waals surface area contributed by atoms with E-state index >= 15 is 0 Å². The Morgan fingerprint density at radius 2 is 1.90 bits per heavy atom. The maximum absolute atomic E-state index is 12.5. The number of imide groups is 1. The van der Waals surface area contributed by atoms with Gasteiger partial charge in [0, 0.05) is 11.8 Å². The molecule has 108 valence electrons. The van der Waals surface area contributed by atoms with Gasteiger partial charge in [0.25, 0.3) is 0 Å². The summed E-state index contributed by atoms with van der Waals surface area (Å²) in [6.45, 7) is -0.233. The molecule has 0 aromatic carbocycles. The van der Waals surface area contributed by atoms with Crippen molar-refractivity contribution in [1.29, 1.82) is 0 Å². The highest BCUT2D eigenvalue weighted by molar-refractivity contribution is 6.21. The van der Waals surface area contributed by atoms with E-state index in [2.05, 4.69) is 16.8 Å². The molecule has 2 unspecified atom stereocenters. The van der Waals surface area contributed by atoms with E-state index in [0.717, 1.165) is 25.7 Å². The minimum atomic E-state index is -0.233. The van der Waals surface area contributed by atoms with Crippen molar-refractivity contribution in [3.05, 3.63) is 23.9 Å². The Kier molecular flexibility index (Phi) is 3.72. The van der Waals surface area contributed by atoms with Crippen LogP contribution in [0.2, 0.25) is 0 Å². The number of fused-ring (bicyclic) bond motifs is 1. The first-order chi connectivity index (χ1) is 10.2. The number of pyridine rings is 1. The maximum Gasteiger partial charge on any atom is 0.238 e. The van der Waals surface area contributed by atoms with Gasteiger partial charge in [0.1, 0.15) is 12.4 Å². The van der Waals surface area contributed by atoms with Crippen LogP contribution in [0.3, 0.4) is 0 Å². The normalized spacial score (nSPS) is 24.5. The Balaban J connectivity index is 1.93. The minimum Gasteiger partial charge on any atom is -0.384 e. The van der Waals surface area contributed by atoms with Gasteiger partial charge in [-0.2, -0.15) is 0 Å². The lowest BCUT2D eigenvalue weighted by Crippen LogP contribution is -2.31. The highest BCUT2D eigenvalue weighted by Crippen LogP contribution is 2.39. The number of aliphatic hydroxyl groups excluding tert-OH is 1. The molecule has 3 rings (SSSR count). The number of anilines is 1. The fraction of sp³-hybridized carbons (Fsp3) is 0.438. The number of amides is 2. The van der Waals surface area contributed by atoms with Crippen LogP contribution in [0, 0.1) is 23.7 Å². The first kappa shape index (κ1) is 13.8. The zero-order chi connectivity index (χ0) is 14.8. The number of nitrogens with zero attached hydrogens (tertiary/aromatic N) is 2. The average Bonchev–Trinajstić information content (AvgIpc) is 2.78. The van der Waals surface area contributed by atoms with Gasteiger partial charge in [0.2, 0.25) is 11.8 Å². The zero-order valence-electron chi connectivity index (χ0n) is 11.6. The Morgan fingerprint density at radius 1 is 1.24 bits per heavy atom. The van der Waals surface area contributed by atoms with Gasteiger partial charge in [0.05, 0.1) is 11.8 Å². The van der Waals surface area contributed by atoms with Crippen LogP contribution >= 0.6 is 0 Å². The molecule has 21 heavy (non-hydrogen) atoms. The van der Waals surface area contributed by atoms with Crippen molar-refractivity contribution < 1.29 is 14.7 Å². The minimum absolute atomic E-state index is 0.135. The van der Waals surface area contributed by atoms with Crippen molar-refractivity contribution in [2.75, 3.05) is 11.5 Å². The van der Waals surface area contributed by atoms with E-state index in [1.54, 1.807) is 12.1 Å². The molecule has 1 saturated heterocycles. The molecule has 1 aromatic heterocycles. The Labute approximate surface area is 123 Å². The first-order valence-electron chi connectivity index (χ1n) is 7.16. The fourth-order valence-corrected chi connectivity index (χ4v) is 3.15. The number of aliphatic hydroxyl groups is 1. The molecular weight excluding hydrogens is 268 g/mol. The van der Waals surface area contributed by atoms with E-state index in [4.69, 9.17) is 5.11 Å². The van der Waals surface area contributed by atoms with Crippen molar-refractivity contribution in [2.24, 2.45) is 11.8 Å². The molecule has 1 aliphatic carbocycles. The monoisotopic (exact) mass is 284 g/mol. The topological polar surface area (TPSA) is 70.5 Å². The average molecular weight is 284 g/mol. The van der Waals surface area contributed by atoms with E-state index in [9.17, 15) is 9.59 Å². The van der Waals surface area contributed by atoms with Crippen LogP contribution in [0.25, 0.3) is 0 Å². The smallest absolute Gasteiger partial charge is 0.238 e. The molecule has 0 radical (unpaired) electrons. The van der Waals surface area contributed by atoms with E-state index in [1.165, 1.54) is 11.1 Å². The van der Waals surface area contributed by atoms with Crippen LogP contribution in [0.1, 0.15) is 31.2 Å². The van der Waals surface area contributed by atoms with E-state index in [-0.39, 0.29) is 30.3 Å².